The van der Waals surface area contributed by atoms with Crippen molar-refractivity contribution in [1.29, 1.82) is 0 Å². The summed E-state index contributed by atoms with van der Waals surface area (Å²) in [5, 5.41) is 3.24. The van der Waals surface area contributed by atoms with Crippen LogP contribution in [0.4, 0.5) is 0 Å². The number of aryl methyl sites for hydroxylation is 1. The molecular weight excluding hydrogens is 426 g/mol. The van der Waals surface area contributed by atoms with Crippen LogP contribution in [0.5, 0.6) is 0 Å². The first-order valence-corrected chi connectivity index (χ1v) is 10.6. The summed E-state index contributed by atoms with van der Waals surface area (Å²) in [6.45, 7) is 2.03. The van der Waals surface area contributed by atoms with E-state index in [4.69, 9.17) is 11.6 Å². The molecule has 3 rings (SSSR count). The fourth-order valence-corrected chi connectivity index (χ4v) is 3.20. The molecule has 32 heavy (non-hydrogen) atoms. The van der Waals surface area contributed by atoms with Crippen LogP contribution < -0.4 is 16.2 Å². The number of halogens is 1. The summed E-state index contributed by atoms with van der Waals surface area (Å²) < 4.78 is 0. The average Bonchev–Trinajstić information content (AvgIpc) is 2.83. The van der Waals surface area contributed by atoms with Crippen molar-refractivity contribution in [3.8, 4) is 0 Å². The maximum absolute atomic E-state index is 12.8. The van der Waals surface area contributed by atoms with Crippen LogP contribution in [0.1, 0.15) is 38.8 Å². The number of hydrogen-bond acceptors (Lipinski definition) is 3. The van der Waals surface area contributed by atoms with Crippen molar-refractivity contribution in [2.24, 2.45) is 0 Å². The van der Waals surface area contributed by atoms with E-state index in [1.807, 2.05) is 49.4 Å². The Morgan fingerprint density at radius 3 is 1.97 bits per heavy atom. The number of nitrogens with one attached hydrogen (secondary N) is 3. The molecule has 1 atom stereocenters. The van der Waals surface area contributed by atoms with Crippen molar-refractivity contribution in [2.75, 3.05) is 0 Å². The van der Waals surface area contributed by atoms with E-state index in [0.29, 0.717) is 16.1 Å². The zero-order valence-corrected chi connectivity index (χ0v) is 18.4. The second-order valence-corrected chi connectivity index (χ2v) is 7.65. The molecule has 0 aliphatic rings. The molecule has 3 aromatic carbocycles. The van der Waals surface area contributed by atoms with Crippen LogP contribution >= 0.6 is 11.6 Å². The highest BCUT2D eigenvalue weighted by molar-refractivity contribution is 6.30. The minimum atomic E-state index is -0.900. The minimum absolute atomic E-state index is 0.257. The van der Waals surface area contributed by atoms with Crippen molar-refractivity contribution < 1.29 is 14.4 Å². The van der Waals surface area contributed by atoms with Gasteiger partial charge in [-0.25, -0.2) is 0 Å². The van der Waals surface area contributed by atoms with Crippen LogP contribution in [0, 0.1) is 0 Å². The Kier molecular flexibility index (Phi) is 8.00. The van der Waals surface area contributed by atoms with Gasteiger partial charge in [0.05, 0.1) is 0 Å². The summed E-state index contributed by atoms with van der Waals surface area (Å²) in [6.07, 6.45) is 1.13. The molecule has 0 bridgehead atoms. The van der Waals surface area contributed by atoms with Crippen LogP contribution in [0.25, 0.3) is 0 Å². The van der Waals surface area contributed by atoms with Crippen LogP contribution in [0.3, 0.4) is 0 Å². The predicted octanol–water partition coefficient (Wildman–Crippen LogP) is 3.70. The molecule has 3 amide bonds. The van der Waals surface area contributed by atoms with E-state index >= 15 is 0 Å². The number of hydrogen-bond donors (Lipinski definition) is 3. The van der Waals surface area contributed by atoms with Crippen LogP contribution in [0.15, 0.2) is 78.9 Å². The van der Waals surface area contributed by atoms with Gasteiger partial charge in [0.2, 0.25) is 0 Å². The summed E-state index contributed by atoms with van der Waals surface area (Å²) >= 11 is 5.88. The largest absolute Gasteiger partial charge is 0.340 e. The van der Waals surface area contributed by atoms with E-state index in [1.54, 1.807) is 36.4 Å². The number of benzene rings is 3. The maximum atomic E-state index is 12.8. The fraction of sp³-hybridized carbons (Fsp3) is 0.160. The van der Waals surface area contributed by atoms with Gasteiger partial charge >= 0.3 is 0 Å². The normalized spacial score (nSPS) is 11.3. The lowest BCUT2D eigenvalue weighted by atomic mass is 10.0. The zero-order chi connectivity index (χ0) is 22.9. The summed E-state index contributed by atoms with van der Waals surface area (Å²) in [4.78, 5) is 37.9. The maximum Gasteiger partial charge on any atom is 0.269 e. The Morgan fingerprint density at radius 1 is 0.750 bits per heavy atom. The molecule has 0 aliphatic carbocycles. The molecule has 164 valence electrons. The highest BCUT2D eigenvalue weighted by Gasteiger charge is 2.22. The molecule has 0 radical (unpaired) electrons. The zero-order valence-electron chi connectivity index (χ0n) is 17.6. The number of carbonyl (C=O) groups is 3. The van der Waals surface area contributed by atoms with Gasteiger partial charge in [-0.1, -0.05) is 61.0 Å². The second-order valence-electron chi connectivity index (χ2n) is 7.22. The average molecular weight is 450 g/mol. The predicted molar refractivity (Wildman–Crippen MR) is 124 cm³/mol. The van der Waals surface area contributed by atoms with E-state index in [9.17, 15) is 14.4 Å². The van der Waals surface area contributed by atoms with Gasteiger partial charge in [-0.15, -0.1) is 0 Å². The van der Waals surface area contributed by atoms with Gasteiger partial charge in [-0.2, -0.15) is 0 Å². The Labute approximate surface area is 192 Å². The first-order chi connectivity index (χ1) is 15.5. The monoisotopic (exact) mass is 449 g/mol. The molecule has 0 heterocycles. The van der Waals surface area contributed by atoms with E-state index in [0.717, 1.165) is 17.5 Å². The van der Waals surface area contributed by atoms with Crippen LogP contribution in [-0.4, -0.2) is 23.8 Å². The molecular formula is C25H24ClN3O3. The lowest BCUT2D eigenvalue weighted by Gasteiger charge is -2.19. The Hall–Kier alpha value is -3.64. The Bertz CT molecular complexity index is 1070. The number of carbonyl (C=O) groups excluding carboxylic acids is 3. The van der Waals surface area contributed by atoms with Crippen molar-refractivity contribution in [3.05, 3.63) is 106 Å². The Morgan fingerprint density at radius 2 is 1.34 bits per heavy atom. The van der Waals surface area contributed by atoms with Gasteiger partial charge in [0, 0.05) is 22.6 Å². The molecule has 0 aromatic heterocycles. The Balaban J connectivity index is 1.68. The van der Waals surface area contributed by atoms with Crippen molar-refractivity contribution in [2.45, 2.75) is 25.8 Å². The third-order valence-corrected chi connectivity index (χ3v) is 5.19. The molecule has 1 unspecified atom stereocenters. The van der Waals surface area contributed by atoms with E-state index in [2.05, 4.69) is 16.2 Å². The molecule has 0 aliphatic heterocycles. The highest BCUT2D eigenvalue weighted by Crippen LogP contribution is 2.11. The smallest absolute Gasteiger partial charge is 0.269 e. The van der Waals surface area contributed by atoms with E-state index in [-0.39, 0.29) is 6.42 Å². The number of hydrazine groups is 1. The third kappa shape index (κ3) is 6.43. The molecule has 6 nitrogen and oxygen atoms in total. The van der Waals surface area contributed by atoms with Gasteiger partial charge in [-0.3, -0.25) is 25.2 Å². The van der Waals surface area contributed by atoms with Gasteiger partial charge in [-0.05, 0) is 53.9 Å². The van der Waals surface area contributed by atoms with Gasteiger partial charge in [0.25, 0.3) is 17.7 Å². The second kappa shape index (κ2) is 11.1. The standard InChI is InChI=1S/C25H24ClN3O3/c1-2-17-8-10-20(11-9-17)24(31)28-29-25(32)22(16-18-6-4-3-5-7-18)27-23(30)19-12-14-21(26)15-13-19/h3-15,22H,2,16H2,1H3,(H,27,30)(H,28,31)(H,29,32). The van der Waals surface area contributed by atoms with Gasteiger partial charge < -0.3 is 5.32 Å². The molecule has 0 saturated carbocycles. The van der Waals surface area contributed by atoms with Crippen molar-refractivity contribution in [3.63, 3.8) is 0 Å². The first-order valence-electron chi connectivity index (χ1n) is 10.3. The summed E-state index contributed by atoms with van der Waals surface area (Å²) in [7, 11) is 0. The van der Waals surface area contributed by atoms with Crippen LogP contribution in [-0.2, 0) is 17.6 Å². The molecule has 0 fully saturated rings. The minimum Gasteiger partial charge on any atom is -0.340 e. The van der Waals surface area contributed by atoms with Crippen molar-refractivity contribution in [1.82, 2.24) is 16.2 Å². The van der Waals surface area contributed by atoms with Crippen molar-refractivity contribution >= 4 is 29.3 Å². The van der Waals surface area contributed by atoms with E-state index in [1.165, 1.54) is 0 Å². The van der Waals surface area contributed by atoms with E-state index < -0.39 is 23.8 Å². The summed E-state index contributed by atoms with van der Waals surface area (Å²) in [6, 6.07) is 21.9. The lowest BCUT2D eigenvalue weighted by molar-refractivity contribution is -0.123. The summed E-state index contributed by atoms with van der Waals surface area (Å²) in [5.41, 5.74) is 7.61. The molecule has 3 N–H and O–H groups in total. The first kappa shape index (κ1) is 23.0. The number of amides is 3. The lowest BCUT2D eigenvalue weighted by Crippen LogP contribution is -2.53. The molecule has 7 heteroatoms. The molecule has 3 aromatic rings. The van der Waals surface area contributed by atoms with Crippen LogP contribution in [0.2, 0.25) is 5.02 Å². The third-order valence-electron chi connectivity index (χ3n) is 4.93. The highest BCUT2D eigenvalue weighted by atomic mass is 35.5. The molecule has 0 spiro atoms. The summed E-state index contributed by atoms with van der Waals surface area (Å²) in [5.74, 6) is -1.39. The fourth-order valence-electron chi connectivity index (χ4n) is 3.07. The number of rotatable bonds is 7. The van der Waals surface area contributed by atoms with Gasteiger partial charge in [0.1, 0.15) is 6.04 Å². The topological polar surface area (TPSA) is 87.3 Å². The SMILES string of the molecule is CCc1ccc(C(=O)NNC(=O)C(Cc2ccccc2)NC(=O)c2ccc(Cl)cc2)cc1. The quantitative estimate of drug-likeness (QED) is 0.480. The van der Waals surface area contributed by atoms with Gasteiger partial charge in [0.15, 0.2) is 0 Å². The molecule has 0 saturated heterocycles.